The highest BCUT2D eigenvalue weighted by Crippen LogP contribution is 2.34. The van der Waals surface area contributed by atoms with E-state index >= 15 is 0 Å². The number of likely N-dealkylation sites (N-methyl/N-ethyl adjacent to an activating group) is 1. The van der Waals surface area contributed by atoms with Gasteiger partial charge in [0.25, 0.3) is 0 Å². The molecule has 0 heterocycles. The average Bonchev–Trinajstić information content (AvgIpc) is 2.26. The van der Waals surface area contributed by atoms with Gasteiger partial charge in [0.05, 0.1) is 0 Å². The molecule has 0 radical (unpaired) electrons. The zero-order valence-electron chi connectivity index (χ0n) is 12.5. The van der Waals surface area contributed by atoms with E-state index in [1.807, 2.05) is 0 Å². The van der Waals surface area contributed by atoms with Gasteiger partial charge < -0.3 is 4.90 Å². The third kappa shape index (κ3) is 3.99. The molecule has 0 N–H and O–H groups in total. The number of rotatable bonds is 2. The Labute approximate surface area is 108 Å². The van der Waals surface area contributed by atoms with Crippen molar-refractivity contribution in [3.8, 4) is 0 Å². The fourth-order valence-electron chi connectivity index (χ4n) is 2.90. The van der Waals surface area contributed by atoms with Crippen molar-refractivity contribution in [3.05, 3.63) is 23.3 Å². The van der Waals surface area contributed by atoms with Gasteiger partial charge in [0, 0.05) is 6.04 Å². The Morgan fingerprint density at radius 2 is 2.00 bits per heavy atom. The van der Waals surface area contributed by atoms with Crippen LogP contribution in [-0.4, -0.2) is 25.0 Å². The number of hydrogen-bond acceptors (Lipinski definition) is 1. The lowest BCUT2D eigenvalue weighted by Gasteiger charge is -2.37. The molecule has 0 amide bonds. The highest BCUT2D eigenvalue weighted by Gasteiger charge is 2.29. The van der Waals surface area contributed by atoms with Crippen molar-refractivity contribution < 1.29 is 0 Å². The summed E-state index contributed by atoms with van der Waals surface area (Å²) in [5.41, 5.74) is 3.40. The molecule has 98 valence electrons. The molecule has 17 heavy (non-hydrogen) atoms. The van der Waals surface area contributed by atoms with E-state index in [2.05, 4.69) is 58.8 Å². The van der Waals surface area contributed by atoms with Crippen molar-refractivity contribution in [2.24, 2.45) is 5.41 Å². The molecule has 0 aliphatic heterocycles. The molecule has 1 aliphatic carbocycles. The third-order valence-electron chi connectivity index (χ3n) is 3.96. The predicted molar refractivity (Wildman–Crippen MR) is 77.2 cm³/mol. The standard InChI is InChI=1S/C16H29N/c1-7-14-11-13(2)9-8-10-16(3,4)15(12-14)17(5)6/h11-12,15H,7-10H2,1-6H3. The van der Waals surface area contributed by atoms with E-state index in [1.165, 1.54) is 30.4 Å². The minimum absolute atomic E-state index is 0.363. The van der Waals surface area contributed by atoms with Gasteiger partial charge in [-0.15, -0.1) is 0 Å². The third-order valence-corrected chi connectivity index (χ3v) is 3.96. The monoisotopic (exact) mass is 235 g/mol. The van der Waals surface area contributed by atoms with Crippen molar-refractivity contribution in [2.75, 3.05) is 14.1 Å². The Kier molecular flexibility index (Phi) is 5.00. The number of nitrogens with zero attached hydrogens (tertiary/aromatic N) is 1. The minimum Gasteiger partial charge on any atom is -0.302 e. The maximum Gasteiger partial charge on any atom is 0.0328 e. The van der Waals surface area contributed by atoms with E-state index in [0.29, 0.717) is 11.5 Å². The number of hydrogen-bond donors (Lipinski definition) is 0. The second-order valence-electron chi connectivity index (χ2n) is 6.34. The molecule has 0 fully saturated rings. The van der Waals surface area contributed by atoms with E-state index in [9.17, 15) is 0 Å². The van der Waals surface area contributed by atoms with Gasteiger partial charge in [0.2, 0.25) is 0 Å². The van der Waals surface area contributed by atoms with Gasteiger partial charge in [-0.3, -0.25) is 0 Å². The van der Waals surface area contributed by atoms with Crippen molar-refractivity contribution in [1.82, 2.24) is 4.90 Å². The lowest BCUT2D eigenvalue weighted by molar-refractivity contribution is 0.161. The summed E-state index contributed by atoms with van der Waals surface area (Å²) in [6.07, 6.45) is 9.88. The van der Waals surface area contributed by atoms with Crippen LogP contribution in [0.25, 0.3) is 0 Å². The van der Waals surface area contributed by atoms with Crippen LogP contribution in [0.4, 0.5) is 0 Å². The minimum atomic E-state index is 0.363. The van der Waals surface area contributed by atoms with Crippen LogP contribution in [0.5, 0.6) is 0 Å². The molecule has 1 aliphatic rings. The first-order valence-corrected chi connectivity index (χ1v) is 6.91. The zero-order chi connectivity index (χ0) is 13.1. The van der Waals surface area contributed by atoms with E-state index in [-0.39, 0.29) is 0 Å². The first-order valence-electron chi connectivity index (χ1n) is 6.91. The summed E-state index contributed by atoms with van der Waals surface area (Å²) in [6, 6.07) is 0.541. The molecule has 0 aromatic carbocycles. The predicted octanol–water partition coefficient (Wildman–Crippen LogP) is 4.41. The molecule has 1 atom stereocenters. The van der Waals surface area contributed by atoms with Crippen molar-refractivity contribution in [2.45, 2.75) is 59.4 Å². The molecule has 1 unspecified atom stereocenters. The van der Waals surface area contributed by atoms with E-state index in [0.717, 1.165) is 6.42 Å². The topological polar surface area (TPSA) is 3.24 Å². The second-order valence-corrected chi connectivity index (χ2v) is 6.34. The Morgan fingerprint density at radius 1 is 1.35 bits per heavy atom. The summed E-state index contributed by atoms with van der Waals surface area (Å²) in [5, 5.41) is 0. The van der Waals surface area contributed by atoms with Gasteiger partial charge >= 0.3 is 0 Å². The van der Waals surface area contributed by atoms with Crippen LogP contribution in [0, 0.1) is 5.41 Å². The van der Waals surface area contributed by atoms with Crippen LogP contribution in [0.15, 0.2) is 23.3 Å². The summed E-state index contributed by atoms with van der Waals surface area (Å²) in [5.74, 6) is 0. The van der Waals surface area contributed by atoms with Gasteiger partial charge in [-0.2, -0.15) is 0 Å². The molecule has 0 spiro atoms. The van der Waals surface area contributed by atoms with Crippen molar-refractivity contribution >= 4 is 0 Å². The van der Waals surface area contributed by atoms with Gasteiger partial charge in [-0.05, 0) is 52.1 Å². The molecular weight excluding hydrogens is 206 g/mol. The van der Waals surface area contributed by atoms with Crippen LogP contribution in [0.2, 0.25) is 0 Å². The molecular formula is C16H29N. The van der Waals surface area contributed by atoms with Gasteiger partial charge in [-0.1, -0.05) is 44.1 Å². The molecule has 0 bridgehead atoms. The summed E-state index contributed by atoms with van der Waals surface area (Å²) < 4.78 is 0. The molecule has 0 saturated carbocycles. The van der Waals surface area contributed by atoms with Crippen LogP contribution in [0.1, 0.15) is 53.4 Å². The van der Waals surface area contributed by atoms with Crippen molar-refractivity contribution in [1.29, 1.82) is 0 Å². The molecule has 1 rings (SSSR count). The van der Waals surface area contributed by atoms with Gasteiger partial charge in [0.1, 0.15) is 0 Å². The maximum absolute atomic E-state index is 2.48. The molecule has 0 aromatic rings. The largest absolute Gasteiger partial charge is 0.302 e. The lowest BCUT2D eigenvalue weighted by Crippen LogP contribution is -2.39. The first kappa shape index (κ1) is 14.5. The maximum atomic E-state index is 2.48. The quantitative estimate of drug-likeness (QED) is 0.685. The van der Waals surface area contributed by atoms with E-state index in [1.54, 1.807) is 0 Å². The highest BCUT2D eigenvalue weighted by atomic mass is 15.1. The molecule has 0 aromatic heterocycles. The fourth-order valence-corrected chi connectivity index (χ4v) is 2.90. The van der Waals surface area contributed by atoms with Crippen molar-refractivity contribution in [3.63, 3.8) is 0 Å². The summed E-state index contributed by atoms with van der Waals surface area (Å²) in [4.78, 5) is 2.37. The Bertz CT molecular complexity index is 307. The Hall–Kier alpha value is -0.560. The van der Waals surface area contributed by atoms with Gasteiger partial charge in [-0.25, -0.2) is 0 Å². The summed E-state index contributed by atoms with van der Waals surface area (Å²) >= 11 is 0. The van der Waals surface area contributed by atoms with E-state index < -0.39 is 0 Å². The van der Waals surface area contributed by atoms with E-state index in [4.69, 9.17) is 0 Å². The molecule has 1 nitrogen and oxygen atoms in total. The normalized spacial score (nSPS) is 25.7. The average molecular weight is 235 g/mol. The van der Waals surface area contributed by atoms with Gasteiger partial charge in [0.15, 0.2) is 0 Å². The summed E-state index contributed by atoms with van der Waals surface area (Å²) in [7, 11) is 4.40. The van der Waals surface area contributed by atoms with Crippen LogP contribution >= 0.6 is 0 Å². The SMILES string of the molecule is CCC1=CC(N(C)C)C(C)(C)CCCC(C)=C1. The first-order chi connectivity index (χ1) is 7.86. The van der Waals surface area contributed by atoms with Crippen LogP contribution < -0.4 is 0 Å². The molecule has 0 saturated heterocycles. The Balaban J connectivity index is 3.09. The van der Waals surface area contributed by atoms with Crippen LogP contribution in [0.3, 0.4) is 0 Å². The summed E-state index contributed by atoms with van der Waals surface area (Å²) in [6.45, 7) is 9.34. The molecule has 1 heteroatoms. The fraction of sp³-hybridized carbons (Fsp3) is 0.750. The lowest BCUT2D eigenvalue weighted by atomic mass is 9.78. The smallest absolute Gasteiger partial charge is 0.0328 e. The highest BCUT2D eigenvalue weighted by molar-refractivity contribution is 5.26. The Morgan fingerprint density at radius 3 is 2.53 bits per heavy atom. The second kappa shape index (κ2) is 5.86. The van der Waals surface area contributed by atoms with Crippen LogP contribution in [-0.2, 0) is 0 Å². The zero-order valence-corrected chi connectivity index (χ0v) is 12.5. The number of allylic oxidation sites excluding steroid dienone is 3.